The van der Waals surface area contributed by atoms with E-state index in [2.05, 4.69) is 50.9 Å². The van der Waals surface area contributed by atoms with E-state index >= 15 is 0 Å². The molecule has 0 radical (unpaired) electrons. The number of thiazole rings is 1. The van der Waals surface area contributed by atoms with Crippen LogP contribution >= 0.6 is 11.3 Å². The van der Waals surface area contributed by atoms with E-state index in [1.807, 2.05) is 5.51 Å². The van der Waals surface area contributed by atoms with E-state index in [9.17, 15) is 0 Å². The SMILES string of the molecule is c1ccc(CC2CN(Cc3cscn3)CCN2)cc1. The van der Waals surface area contributed by atoms with Gasteiger partial charge in [-0.1, -0.05) is 30.3 Å². The van der Waals surface area contributed by atoms with Gasteiger partial charge in [0.1, 0.15) is 0 Å². The molecule has 1 N–H and O–H groups in total. The van der Waals surface area contributed by atoms with E-state index in [-0.39, 0.29) is 0 Å². The summed E-state index contributed by atoms with van der Waals surface area (Å²) in [6.45, 7) is 4.27. The first-order valence-corrected chi connectivity index (χ1v) is 7.71. The molecule has 1 aromatic carbocycles. The molecule has 0 saturated carbocycles. The molecule has 2 aromatic rings. The van der Waals surface area contributed by atoms with Gasteiger partial charge < -0.3 is 5.32 Å². The van der Waals surface area contributed by atoms with Crippen molar-refractivity contribution in [3.05, 3.63) is 52.5 Å². The van der Waals surface area contributed by atoms with Crippen molar-refractivity contribution < 1.29 is 0 Å². The first-order valence-electron chi connectivity index (χ1n) is 6.77. The van der Waals surface area contributed by atoms with Crippen LogP contribution in [-0.4, -0.2) is 35.6 Å². The normalized spacial score (nSPS) is 20.5. The minimum atomic E-state index is 0.551. The summed E-state index contributed by atoms with van der Waals surface area (Å²) < 4.78 is 0. The fourth-order valence-electron chi connectivity index (χ4n) is 2.62. The third-order valence-electron chi connectivity index (χ3n) is 3.53. The Balaban J connectivity index is 1.56. The molecule has 1 aliphatic rings. The second-order valence-electron chi connectivity index (χ2n) is 5.06. The third kappa shape index (κ3) is 3.62. The number of benzene rings is 1. The van der Waals surface area contributed by atoms with Gasteiger partial charge in [0.15, 0.2) is 0 Å². The lowest BCUT2D eigenvalue weighted by Gasteiger charge is -2.33. The van der Waals surface area contributed by atoms with Gasteiger partial charge in [-0.15, -0.1) is 11.3 Å². The molecule has 1 aliphatic heterocycles. The summed E-state index contributed by atoms with van der Waals surface area (Å²) in [5.74, 6) is 0. The molecule has 1 unspecified atom stereocenters. The van der Waals surface area contributed by atoms with Crippen LogP contribution in [0, 0.1) is 0 Å². The van der Waals surface area contributed by atoms with E-state index in [1.54, 1.807) is 11.3 Å². The van der Waals surface area contributed by atoms with Crippen LogP contribution in [-0.2, 0) is 13.0 Å². The topological polar surface area (TPSA) is 28.2 Å². The van der Waals surface area contributed by atoms with Crippen LogP contribution in [0.1, 0.15) is 11.3 Å². The van der Waals surface area contributed by atoms with E-state index in [1.165, 1.54) is 11.3 Å². The van der Waals surface area contributed by atoms with E-state index in [0.29, 0.717) is 6.04 Å². The Labute approximate surface area is 118 Å². The Kier molecular flexibility index (Phi) is 4.23. The van der Waals surface area contributed by atoms with Crippen LogP contribution in [0.4, 0.5) is 0 Å². The van der Waals surface area contributed by atoms with Gasteiger partial charge in [-0.3, -0.25) is 4.90 Å². The molecule has 0 spiro atoms. The van der Waals surface area contributed by atoms with Crippen molar-refractivity contribution >= 4 is 11.3 Å². The maximum atomic E-state index is 4.38. The number of rotatable bonds is 4. The molecule has 1 aromatic heterocycles. The summed E-state index contributed by atoms with van der Waals surface area (Å²) in [6, 6.07) is 11.3. The molecule has 0 bridgehead atoms. The number of aromatic nitrogens is 1. The Bertz CT molecular complexity index is 483. The van der Waals surface area contributed by atoms with E-state index < -0.39 is 0 Å². The highest BCUT2D eigenvalue weighted by Crippen LogP contribution is 2.11. The minimum Gasteiger partial charge on any atom is -0.311 e. The van der Waals surface area contributed by atoms with Crippen molar-refractivity contribution in [2.24, 2.45) is 0 Å². The highest BCUT2D eigenvalue weighted by molar-refractivity contribution is 7.07. The summed E-state index contributed by atoms with van der Waals surface area (Å²) in [6.07, 6.45) is 1.11. The first kappa shape index (κ1) is 12.8. The van der Waals surface area contributed by atoms with Gasteiger partial charge in [-0.25, -0.2) is 4.98 Å². The van der Waals surface area contributed by atoms with Crippen molar-refractivity contribution in [2.75, 3.05) is 19.6 Å². The third-order valence-corrected chi connectivity index (χ3v) is 4.17. The number of nitrogens with zero attached hydrogens (tertiary/aromatic N) is 2. The largest absolute Gasteiger partial charge is 0.311 e. The van der Waals surface area contributed by atoms with Crippen LogP contribution < -0.4 is 5.32 Å². The molecule has 19 heavy (non-hydrogen) atoms. The molecular formula is C15H19N3S. The predicted molar refractivity (Wildman–Crippen MR) is 79.3 cm³/mol. The molecule has 3 nitrogen and oxygen atoms in total. The molecule has 1 fully saturated rings. The second-order valence-corrected chi connectivity index (χ2v) is 5.77. The fraction of sp³-hybridized carbons (Fsp3) is 0.400. The maximum Gasteiger partial charge on any atom is 0.0795 e. The zero-order valence-corrected chi connectivity index (χ0v) is 11.8. The van der Waals surface area contributed by atoms with Gasteiger partial charge in [0.2, 0.25) is 0 Å². The van der Waals surface area contributed by atoms with Crippen LogP contribution in [0.25, 0.3) is 0 Å². The van der Waals surface area contributed by atoms with Crippen molar-refractivity contribution in [3.8, 4) is 0 Å². The summed E-state index contributed by atoms with van der Waals surface area (Å²) >= 11 is 1.68. The van der Waals surface area contributed by atoms with Gasteiger partial charge in [0.05, 0.1) is 11.2 Å². The maximum absolute atomic E-state index is 4.38. The summed E-state index contributed by atoms with van der Waals surface area (Å²) in [4.78, 5) is 6.87. The lowest BCUT2D eigenvalue weighted by atomic mass is 10.0. The number of hydrogen-bond donors (Lipinski definition) is 1. The number of piperazine rings is 1. The average Bonchev–Trinajstić information content (AvgIpc) is 2.93. The molecule has 0 aliphatic carbocycles. The monoisotopic (exact) mass is 273 g/mol. The van der Waals surface area contributed by atoms with Crippen molar-refractivity contribution in [3.63, 3.8) is 0 Å². The molecule has 4 heteroatoms. The van der Waals surface area contributed by atoms with Crippen LogP contribution in [0.5, 0.6) is 0 Å². The zero-order valence-electron chi connectivity index (χ0n) is 11.0. The molecule has 1 atom stereocenters. The highest BCUT2D eigenvalue weighted by Gasteiger charge is 2.19. The lowest BCUT2D eigenvalue weighted by Crippen LogP contribution is -2.51. The van der Waals surface area contributed by atoms with Gasteiger partial charge in [0, 0.05) is 37.6 Å². The van der Waals surface area contributed by atoms with Gasteiger partial charge >= 0.3 is 0 Å². The molecule has 0 amide bonds. The van der Waals surface area contributed by atoms with Gasteiger partial charge in [-0.05, 0) is 12.0 Å². The first-order chi connectivity index (χ1) is 9.40. The molecule has 2 heterocycles. The average molecular weight is 273 g/mol. The Morgan fingerprint density at radius 3 is 3.00 bits per heavy atom. The highest BCUT2D eigenvalue weighted by atomic mass is 32.1. The second kappa shape index (κ2) is 6.28. The molecule has 100 valence electrons. The molecule has 3 rings (SSSR count). The smallest absolute Gasteiger partial charge is 0.0795 e. The summed E-state index contributed by atoms with van der Waals surface area (Å²) in [7, 11) is 0. The lowest BCUT2D eigenvalue weighted by molar-refractivity contribution is 0.190. The Hall–Kier alpha value is -1.23. The molecular weight excluding hydrogens is 254 g/mol. The zero-order chi connectivity index (χ0) is 12.9. The van der Waals surface area contributed by atoms with Crippen LogP contribution in [0.3, 0.4) is 0 Å². The van der Waals surface area contributed by atoms with E-state index in [4.69, 9.17) is 0 Å². The van der Waals surface area contributed by atoms with Crippen LogP contribution in [0.2, 0.25) is 0 Å². The predicted octanol–water partition coefficient (Wildman–Crippen LogP) is 2.16. The van der Waals surface area contributed by atoms with Crippen molar-refractivity contribution in [1.29, 1.82) is 0 Å². The van der Waals surface area contributed by atoms with Gasteiger partial charge in [0.25, 0.3) is 0 Å². The Morgan fingerprint density at radius 2 is 2.21 bits per heavy atom. The van der Waals surface area contributed by atoms with Crippen LogP contribution in [0.15, 0.2) is 41.2 Å². The number of nitrogens with one attached hydrogen (secondary N) is 1. The molecule has 1 saturated heterocycles. The summed E-state index contributed by atoms with van der Waals surface area (Å²) in [5.41, 5.74) is 4.53. The minimum absolute atomic E-state index is 0.551. The summed E-state index contributed by atoms with van der Waals surface area (Å²) in [5, 5.41) is 5.76. The van der Waals surface area contributed by atoms with E-state index in [0.717, 1.165) is 32.6 Å². The fourth-order valence-corrected chi connectivity index (χ4v) is 3.17. The number of hydrogen-bond acceptors (Lipinski definition) is 4. The van der Waals surface area contributed by atoms with Gasteiger partial charge in [-0.2, -0.15) is 0 Å². The Morgan fingerprint density at radius 1 is 1.32 bits per heavy atom. The van der Waals surface area contributed by atoms with Crippen molar-refractivity contribution in [1.82, 2.24) is 15.2 Å². The van der Waals surface area contributed by atoms with Crippen molar-refractivity contribution in [2.45, 2.75) is 19.0 Å². The standard InChI is InChI=1S/C15H19N3S/c1-2-4-13(5-3-1)8-14-9-18(7-6-16-14)10-15-11-19-12-17-15/h1-5,11-12,14,16H,6-10H2. The quantitative estimate of drug-likeness (QED) is 0.925.